The summed E-state index contributed by atoms with van der Waals surface area (Å²) in [6, 6.07) is 1.76. The van der Waals surface area contributed by atoms with E-state index >= 15 is 0 Å². The molecule has 1 fully saturated rings. The molecule has 1 aliphatic rings. The predicted octanol–water partition coefficient (Wildman–Crippen LogP) is 3.50. The van der Waals surface area contributed by atoms with Crippen LogP contribution in [0.4, 0.5) is 22.0 Å². The quantitative estimate of drug-likeness (QED) is 0.237. The number of nitrogens with one attached hydrogen (secondary N) is 1. The minimum Gasteiger partial charge on any atom is -0.403 e. The van der Waals surface area contributed by atoms with E-state index in [0.29, 0.717) is 29.2 Å². The second-order valence-electron chi connectivity index (χ2n) is 7.74. The number of rotatable bonds is 7. The van der Waals surface area contributed by atoms with Gasteiger partial charge in [-0.15, -0.1) is 0 Å². The van der Waals surface area contributed by atoms with Crippen molar-refractivity contribution in [2.24, 2.45) is 11.6 Å². The Morgan fingerprint density at radius 2 is 1.97 bits per heavy atom. The smallest absolute Gasteiger partial charge is 0.390 e. The summed E-state index contributed by atoms with van der Waals surface area (Å²) in [5, 5.41) is 7.29. The van der Waals surface area contributed by atoms with Crippen LogP contribution in [0.1, 0.15) is 49.8 Å². The maximum atomic E-state index is 12.3. The first-order valence-corrected chi connectivity index (χ1v) is 10.6. The van der Waals surface area contributed by atoms with Crippen LogP contribution < -0.4 is 16.9 Å². The summed E-state index contributed by atoms with van der Waals surface area (Å²) in [7, 11) is 0. The number of alkyl halides is 5. The Morgan fingerprint density at radius 1 is 1.29 bits per heavy atom. The lowest BCUT2D eigenvalue weighted by molar-refractivity contribution is -0.138. The van der Waals surface area contributed by atoms with Gasteiger partial charge in [-0.1, -0.05) is 19.1 Å². The molecule has 0 aromatic carbocycles. The van der Waals surface area contributed by atoms with E-state index in [-0.39, 0.29) is 25.1 Å². The highest BCUT2D eigenvalue weighted by Gasteiger charge is 2.30. The van der Waals surface area contributed by atoms with E-state index in [2.05, 4.69) is 22.0 Å². The van der Waals surface area contributed by atoms with Gasteiger partial charge in [0.15, 0.2) is 5.65 Å². The van der Waals surface area contributed by atoms with Gasteiger partial charge >= 0.3 is 6.18 Å². The first-order valence-electron chi connectivity index (χ1n) is 10.6. The van der Waals surface area contributed by atoms with Crippen LogP contribution in [0.15, 0.2) is 36.9 Å². The van der Waals surface area contributed by atoms with Crippen LogP contribution in [-0.2, 0) is 11.3 Å². The normalized spacial score (nSPS) is 15.9. The number of fused-ring (bicyclic) bond motifs is 1. The van der Waals surface area contributed by atoms with Gasteiger partial charge in [-0.3, -0.25) is 4.79 Å². The number of nitrogens with zero attached hydrogens (tertiary/aromatic N) is 4. The molecule has 0 bridgehead atoms. The maximum absolute atomic E-state index is 12.3. The summed E-state index contributed by atoms with van der Waals surface area (Å²) in [5.41, 5.74) is 6.89. The first-order chi connectivity index (χ1) is 15.9. The van der Waals surface area contributed by atoms with Gasteiger partial charge < -0.3 is 16.1 Å². The Kier molecular flexibility index (Phi) is 9.36. The molecule has 0 saturated heterocycles. The fourth-order valence-corrected chi connectivity index (χ4v) is 3.14. The van der Waals surface area contributed by atoms with Crippen molar-refractivity contribution in [3.63, 3.8) is 0 Å². The molecule has 0 unspecified atom stereocenters. The molecule has 5 N–H and O–H groups in total. The van der Waals surface area contributed by atoms with E-state index in [4.69, 9.17) is 11.6 Å². The fourth-order valence-electron chi connectivity index (χ4n) is 3.14. The van der Waals surface area contributed by atoms with Gasteiger partial charge in [-0.25, -0.2) is 24.1 Å². The maximum Gasteiger partial charge on any atom is 0.390 e. The molecular formula is C21H28F5N7O. The summed E-state index contributed by atoms with van der Waals surface area (Å²) < 4.78 is 62.7. The van der Waals surface area contributed by atoms with E-state index in [1.165, 1.54) is 4.52 Å². The molecule has 188 valence electrons. The summed E-state index contributed by atoms with van der Waals surface area (Å²) in [5.74, 6) is 2.45. The van der Waals surface area contributed by atoms with Crippen LogP contribution >= 0.6 is 0 Å². The third-order valence-electron chi connectivity index (χ3n) is 4.98. The van der Waals surface area contributed by atoms with E-state index in [9.17, 15) is 26.7 Å². The molecule has 2 aromatic rings. The average molecular weight is 489 g/mol. The van der Waals surface area contributed by atoms with E-state index < -0.39 is 31.0 Å². The van der Waals surface area contributed by atoms with Crippen molar-refractivity contribution in [1.82, 2.24) is 24.9 Å². The summed E-state index contributed by atoms with van der Waals surface area (Å²) in [6.45, 7) is 3.07. The Bertz CT molecular complexity index is 995. The molecule has 1 saturated carbocycles. The zero-order valence-electron chi connectivity index (χ0n) is 18.5. The molecule has 0 atom stereocenters. The molecule has 0 spiro atoms. The van der Waals surface area contributed by atoms with Crippen LogP contribution in [0.5, 0.6) is 0 Å². The summed E-state index contributed by atoms with van der Waals surface area (Å²) in [6.07, 6.45) is 2.80. The van der Waals surface area contributed by atoms with Crippen LogP contribution in [0.2, 0.25) is 0 Å². The topological polar surface area (TPSA) is 115 Å². The Morgan fingerprint density at radius 3 is 2.50 bits per heavy atom. The molecule has 1 aliphatic carbocycles. The third kappa shape index (κ3) is 8.61. The lowest BCUT2D eigenvalue weighted by Crippen LogP contribution is -2.41. The molecule has 34 heavy (non-hydrogen) atoms. The van der Waals surface area contributed by atoms with Crippen LogP contribution in [0, 0.1) is 0 Å². The molecule has 0 radical (unpaired) electrons. The van der Waals surface area contributed by atoms with Crippen LogP contribution in [0.25, 0.3) is 11.7 Å². The van der Waals surface area contributed by atoms with Crippen molar-refractivity contribution in [1.29, 1.82) is 0 Å². The third-order valence-corrected chi connectivity index (χ3v) is 4.98. The minimum atomic E-state index is -4.39. The van der Waals surface area contributed by atoms with Crippen LogP contribution in [-0.4, -0.2) is 44.2 Å². The molecule has 1 amide bonds. The monoisotopic (exact) mass is 489 g/mol. The van der Waals surface area contributed by atoms with Crippen molar-refractivity contribution in [3.05, 3.63) is 48.2 Å². The number of hydrogen-bond donors (Lipinski definition) is 3. The molecule has 8 nitrogen and oxygen atoms in total. The van der Waals surface area contributed by atoms with Gasteiger partial charge in [0.1, 0.15) is 5.70 Å². The van der Waals surface area contributed by atoms with Crippen LogP contribution in [0.3, 0.4) is 0 Å². The Labute approximate surface area is 193 Å². The number of amides is 1. The highest BCUT2D eigenvalue weighted by molar-refractivity contribution is 5.92. The SMILES string of the molecule is C=Cc1cnn2cc(CNC(=O)/C(=C/N)N(N)CCC(F)(F)F)nc2c1.FC1(F)CCCCC1. The highest BCUT2D eigenvalue weighted by Crippen LogP contribution is 2.32. The van der Waals surface area contributed by atoms with Crippen molar-refractivity contribution in [2.45, 2.75) is 57.2 Å². The predicted molar refractivity (Wildman–Crippen MR) is 117 cm³/mol. The van der Waals surface area contributed by atoms with Crippen molar-refractivity contribution in [2.75, 3.05) is 6.54 Å². The number of carbonyl (C=O) groups is 1. The van der Waals surface area contributed by atoms with Crippen molar-refractivity contribution >= 4 is 17.6 Å². The lowest BCUT2D eigenvalue weighted by Gasteiger charge is -2.21. The van der Waals surface area contributed by atoms with Crippen molar-refractivity contribution in [3.8, 4) is 0 Å². The number of aromatic nitrogens is 3. The largest absolute Gasteiger partial charge is 0.403 e. The number of nitrogens with two attached hydrogens (primary N) is 2. The first kappa shape index (κ1) is 27.0. The molecule has 0 aliphatic heterocycles. The standard InChI is InChI=1S/C15H18F3N7O.C6H10F2/c1-2-10-5-13-23-11(9-25(13)22-7-10)8-21-14(26)12(6-19)24(20)4-3-15(16,17)18;7-6(8)4-2-1-3-5-6/h2,5-7,9H,1,3-4,8,19-20H2,(H,21,26);1-5H2/b12-6-;. The van der Waals surface area contributed by atoms with Crippen molar-refractivity contribution < 1.29 is 26.7 Å². The van der Waals surface area contributed by atoms with E-state index in [0.717, 1.165) is 18.2 Å². The Balaban J connectivity index is 0.000000430. The highest BCUT2D eigenvalue weighted by atomic mass is 19.4. The van der Waals surface area contributed by atoms with Gasteiger partial charge in [0.05, 0.1) is 31.1 Å². The van der Waals surface area contributed by atoms with E-state index in [1.54, 1.807) is 24.5 Å². The Hall–Kier alpha value is -3.22. The number of imidazole rings is 1. The average Bonchev–Trinajstić information content (AvgIpc) is 3.18. The lowest BCUT2D eigenvalue weighted by atomic mass is 9.97. The van der Waals surface area contributed by atoms with Gasteiger partial charge in [0, 0.05) is 25.6 Å². The summed E-state index contributed by atoms with van der Waals surface area (Å²) in [4.78, 5) is 16.4. The van der Waals surface area contributed by atoms with Gasteiger partial charge in [-0.05, 0) is 24.5 Å². The number of carbonyl (C=O) groups excluding carboxylic acids is 1. The van der Waals surface area contributed by atoms with Gasteiger partial charge in [-0.2, -0.15) is 18.3 Å². The second-order valence-corrected chi connectivity index (χ2v) is 7.74. The number of halogens is 5. The molecule has 13 heteroatoms. The van der Waals surface area contributed by atoms with Gasteiger partial charge in [0.25, 0.3) is 5.91 Å². The molecular weight excluding hydrogens is 461 g/mol. The zero-order chi connectivity index (χ0) is 25.4. The van der Waals surface area contributed by atoms with E-state index in [1.807, 2.05) is 0 Å². The minimum absolute atomic E-state index is 0.0239. The number of hydrazine groups is 1. The number of hydrogen-bond acceptors (Lipinski definition) is 6. The summed E-state index contributed by atoms with van der Waals surface area (Å²) >= 11 is 0. The molecule has 2 heterocycles. The molecule has 3 rings (SSSR count). The molecule has 2 aromatic heterocycles. The van der Waals surface area contributed by atoms with Gasteiger partial charge in [0.2, 0.25) is 5.92 Å². The zero-order valence-corrected chi connectivity index (χ0v) is 18.5. The fraction of sp³-hybridized carbons (Fsp3) is 0.476. The second kappa shape index (κ2) is 11.8.